The van der Waals surface area contributed by atoms with Crippen molar-refractivity contribution in [2.24, 2.45) is 0 Å². The lowest BCUT2D eigenvalue weighted by molar-refractivity contribution is -0.139. The zero-order valence-corrected chi connectivity index (χ0v) is 18.0. The van der Waals surface area contributed by atoms with Gasteiger partial charge in [0.25, 0.3) is 0 Å². The van der Waals surface area contributed by atoms with Gasteiger partial charge in [0.15, 0.2) is 0 Å². The monoisotopic (exact) mass is 384 g/mol. The van der Waals surface area contributed by atoms with Crippen LogP contribution in [0.4, 0.5) is 0 Å². The number of carboxylic acid groups (broad SMARTS) is 1. The first-order valence-corrected chi connectivity index (χ1v) is 10.4. The minimum Gasteiger partial charge on any atom is -0.480 e. The summed E-state index contributed by atoms with van der Waals surface area (Å²) in [5, 5.41) is 9.06. The number of carboxylic acids is 1. The van der Waals surface area contributed by atoms with Crippen molar-refractivity contribution in [3.05, 3.63) is 71.8 Å². The summed E-state index contributed by atoms with van der Waals surface area (Å²) in [4.78, 5) is 15.5. The largest absolute Gasteiger partial charge is 0.480 e. The van der Waals surface area contributed by atoms with Gasteiger partial charge in [-0.15, -0.1) is 0 Å². The Kier molecular flexibility index (Phi) is 11.2. The lowest BCUT2D eigenvalue weighted by Gasteiger charge is -2.43. The smallest absolute Gasteiger partial charge is 0.317 e. The molecule has 0 amide bonds. The van der Waals surface area contributed by atoms with Gasteiger partial charge in [-0.05, 0) is 18.1 Å². The van der Waals surface area contributed by atoms with Crippen LogP contribution in [0.5, 0.6) is 0 Å². The van der Waals surface area contributed by atoms with Gasteiger partial charge in [0.2, 0.25) is 0 Å². The zero-order valence-electron chi connectivity index (χ0n) is 18.0. The number of benzene rings is 2. The van der Waals surface area contributed by atoms with Gasteiger partial charge in [0.05, 0.1) is 12.6 Å². The van der Waals surface area contributed by atoms with E-state index in [1.807, 2.05) is 44.7 Å². The summed E-state index contributed by atoms with van der Waals surface area (Å²) in [6.07, 6.45) is 0. The van der Waals surface area contributed by atoms with E-state index in [0.717, 1.165) is 19.6 Å². The van der Waals surface area contributed by atoms with Crippen LogP contribution in [0.3, 0.4) is 0 Å². The second kappa shape index (κ2) is 13.1. The molecule has 0 aromatic heterocycles. The maximum absolute atomic E-state index is 11.0. The molecule has 0 radical (unpaired) electrons. The third-order valence-corrected chi connectivity index (χ3v) is 4.73. The summed E-state index contributed by atoms with van der Waals surface area (Å²) in [5.74, 6) is -0.752. The molecule has 1 heterocycles. The Balaban J connectivity index is 0.000000921. The van der Waals surface area contributed by atoms with Crippen LogP contribution in [-0.4, -0.2) is 53.1 Å². The lowest BCUT2D eigenvalue weighted by Crippen LogP contribution is -2.54. The number of piperazine rings is 1. The fourth-order valence-electron chi connectivity index (χ4n) is 3.55. The van der Waals surface area contributed by atoms with Crippen LogP contribution in [-0.2, 0) is 4.79 Å². The molecular weight excluding hydrogens is 348 g/mol. The van der Waals surface area contributed by atoms with Crippen LogP contribution >= 0.6 is 0 Å². The van der Waals surface area contributed by atoms with Crippen molar-refractivity contribution in [1.29, 1.82) is 0 Å². The number of rotatable bonds is 5. The fraction of sp³-hybridized carbons (Fsp3) is 0.458. The second-order valence-corrected chi connectivity index (χ2v) is 6.43. The summed E-state index contributed by atoms with van der Waals surface area (Å²) in [6.45, 7) is 12.7. The first kappa shape index (κ1) is 23.9. The summed E-state index contributed by atoms with van der Waals surface area (Å²) in [7, 11) is 0. The van der Waals surface area contributed by atoms with Crippen molar-refractivity contribution in [3.63, 3.8) is 0 Å². The van der Waals surface area contributed by atoms with Gasteiger partial charge in [-0.25, -0.2) is 0 Å². The van der Waals surface area contributed by atoms with Crippen molar-refractivity contribution in [1.82, 2.24) is 9.80 Å². The van der Waals surface area contributed by atoms with Crippen LogP contribution < -0.4 is 0 Å². The predicted octanol–water partition coefficient (Wildman–Crippen LogP) is 4.92. The quantitative estimate of drug-likeness (QED) is 0.795. The van der Waals surface area contributed by atoms with E-state index in [2.05, 4.69) is 60.4 Å². The number of carbonyl (C=O) groups is 1. The van der Waals surface area contributed by atoms with Crippen molar-refractivity contribution in [2.45, 2.75) is 46.7 Å². The molecule has 0 aliphatic carbocycles. The summed E-state index contributed by atoms with van der Waals surface area (Å²) in [5.41, 5.74) is 2.56. The van der Waals surface area contributed by atoms with Crippen LogP contribution in [0.25, 0.3) is 0 Å². The Morgan fingerprint density at radius 3 is 1.79 bits per heavy atom. The van der Waals surface area contributed by atoms with Gasteiger partial charge >= 0.3 is 5.97 Å². The van der Waals surface area contributed by atoms with Crippen LogP contribution in [0.2, 0.25) is 0 Å². The second-order valence-electron chi connectivity index (χ2n) is 6.43. The van der Waals surface area contributed by atoms with E-state index < -0.39 is 5.97 Å². The average molecular weight is 385 g/mol. The number of aliphatic carboxylic acids is 1. The maximum atomic E-state index is 11.0. The molecule has 1 N–H and O–H groups in total. The third-order valence-electron chi connectivity index (χ3n) is 4.73. The number of nitrogens with zero attached hydrogens (tertiary/aromatic N) is 2. The molecule has 0 bridgehead atoms. The number of hydrogen-bond acceptors (Lipinski definition) is 3. The van der Waals surface area contributed by atoms with Crippen molar-refractivity contribution in [2.75, 3.05) is 26.2 Å². The van der Waals surface area contributed by atoms with Gasteiger partial charge in [-0.2, -0.15) is 0 Å². The fourth-order valence-corrected chi connectivity index (χ4v) is 3.55. The van der Waals surface area contributed by atoms with Crippen molar-refractivity contribution >= 4 is 5.97 Å². The Hall–Kier alpha value is -2.17. The van der Waals surface area contributed by atoms with Crippen LogP contribution in [0, 0.1) is 0 Å². The van der Waals surface area contributed by atoms with Gasteiger partial charge < -0.3 is 5.11 Å². The first-order chi connectivity index (χ1) is 13.6. The van der Waals surface area contributed by atoms with E-state index in [0.29, 0.717) is 0 Å². The molecule has 0 unspecified atom stereocenters. The highest BCUT2D eigenvalue weighted by Crippen LogP contribution is 2.30. The molecular formula is C24H36N2O2. The first-order valence-electron chi connectivity index (χ1n) is 10.4. The minimum atomic E-state index is -0.752. The molecule has 3 rings (SSSR count). The molecule has 1 fully saturated rings. The molecule has 28 heavy (non-hydrogen) atoms. The van der Waals surface area contributed by atoms with E-state index in [4.69, 9.17) is 5.11 Å². The predicted molar refractivity (Wildman–Crippen MR) is 118 cm³/mol. The molecule has 0 spiro atoms. The van der Waals surface area contributed by atoms with Gasteiger partial charge in [0, 0.05) is 25.7 Å². The Labute approximate surface area is 170 Å². The molecule has 4 nitrogen and oxygen atoms in total. The highest BCUT2D eigenvalue weighted by Gasteiger charge is 2.30. The van der Waals surface area contributed by atoms with E-state index in [1.165, 1.54) is 11.1 Å². The molecule has 4 heteroatoms. The topological polar surface area (TPSA) is 43.8 Å². The van der Waals surface area contributed by atoms with Crippen molar-refractivity contribution < 1.29 is 9.90 Å². The normalized spacial score (nSPS) is 17.1. The molecule has 1 aliphatic rings. The Morgan fingerprint density at radius 1 is 0.929 bits per heavy atom. The van der Waals surface area contributed by atoms with Gasteiger partial charge in [0.1, 0.15) is 0 Å². The molecule has 0 saturated carbocycles. The lowest BCUT2D eigenvalue weighted by atomic mass is 9.95. The van der Waals surface area contributed by atoms with Gasteiger partial charge in [-0.1, -0.05) is 88.4 Å². The zero-order chi connectivity index (χ0) is 20.9. The van der Waals surface area contributed by atoms with E-state index in [-0.39, 0.29) is 18.6 Å². The highest BCUT2D eigenvalue weighted by atomic mass is 16.4. The Morgan fingerprint density at radius 2 is 1.39 bits per heavy atom. The van der Waals surface area contributed by atoms with E-state index in [1.54, 1.807) is 0 Å². The summed E-state index contributed by atoms with van der Waals surface area (Å²) >= 11 is 0. The standard InChI is InChI=1S/C20H24N2O2.2C2H6/c1-16-14-22(13-12-21(16)15-19(23)24)20(17-8-4-2-5-9-17)18-10-6-3-7-11-18;2*1-2/h2-11,16,20H,12-15H2,1H3,(H,23,24);2*1-2H3/t16-;;/m1../s1. The van der Waals surface area contributed by atoms with E-state index in [9.17, 15) is 4.79 Å². The molecule has 154 valence electrons. The molecule has 2 aromatic rings. The summed E-state index contributed by atoms with van der Waals surface area (Å²) < 4.78 is 0. The van der Waals surface area contributed by atoms with Crippen LogP contribution in [0.15, 0.2) is 60.7 Å². The van der Waals surface area contributed by atoms with E-state index >= 15 is 0 Å². The maximum Gasteiger partial charge on any atom is 0.317 e. The Bertz CT molecular complexity index is 621. The molecule has 1 aliphatic heterocycles. The number of hydrogen-bond donors (Lipinski definition) is 1. The molecule has 2 aromatic carbocycles. The summed E-state index contributed by atoms with van der Waals surface area (Å²) in [6, 6.07) is 21.5. The minimum absolute atomic E-state index is 0.121. The van der Waals surface area contributed by atoms with Crippen molar-refractivity contribution in [3.8, 4) is 0 Å². The molecule has 1 atom stereocenters. The average Bonchev–Trinajstić information content (AvgIpc) is 2.74. The SMILES string of the molecule is CC.CC.C[C@@H]1CN(C(c2ccccc2)c2ccccc2)CCN1CC(=O)O. The third kappa shape index (κ3) is 6.77. The highest BCUT2D eigenvalue weighted by molar-refractivity contribution is 5.69. The van der Waals surface area contributed by atoms with Gasteiger partial charge in [-0.3, -0.25) is 14.6 Å². The molecule has 1 saturated heterocycles. The van der Waals surface area contributed by atoms with Crippen LogP contribution in [0.1, 0.15) is 51.8 Å².